The Morgan fingerprint density at radius 1 is 1.62 bits per heavy atom. The summed E-state index contributed by atoms with van der Waals surface area (Å²) >= 11 is 0. The van der Waals surface area contributed by atoms with Gasteiger partial charge in [0, 0.05) is 20.1 Å². The normalized spacial score (nSPS) is 19.7. The SMILES string of the molecule is CCn1ncnc1CC(O)(COC)C1CC1. The summed E-state index contributed by atoms with van der Waals surface area (Å²) < 4.78 is 6.95. The molecule has 5 nitrogen and oxygen atoms in total. The zero-order valence-corrected chi connectivity index (χ0v) is 9.89. The Balaban J connectivity index is 2.10. The minimum absolute atomic E-state index is 0.356. The van der Waals surface area contributed by atoms with Crippen molar-refractivity contribution in [1.82, 2.24) is 14.8 Å². The van der Waals surface area contributed by atoms with Crippen LogP contribution >= 0.6 is 0 Å². The van der Waals surface area contributed by atoms with Crippen LogP contribution in [0.25, 0.3) is 0 Å². The quantitative estimate of drug-likeness (QED) is 0.771. The molecule has 5 heteroatoms. The van der Waals surface area contributed by atoms with E-state index in [9.17, 15) is 5.11 Å². The lowest BCUT2D eigenvalue weighted by atomic mass is 9.94. The smallest absolute Gasteiger partial charge is 0.138 e. The summed E-state index contributed by atoms with van der Waals surface area (Å²) in [6, 6.07) is 0. The first-order valence-electron chi connectivity index (χ1n) is 5.77. The van der Waals surface area contributed by atoms with Gasteiger partial charge in [-0.25, -0.2) is 4.98 Å². The standard InChI is InChI=1S/C11H19N3O2/c1-3-14-10(12-8-13-14)6-11(15,7-16-2)9-4-5-9/h8-9,15H,3-7H2,1-2H3. The number of aliphatic hydroxyl groups is 1. The Kier molecular flexibility index (Phi) is 3.25. The molecule has 1 aliphatic rings. The zero-order chi connectivity index (χ0) is 11.6. The van der Waals surface area contributed by atoms with Crippen LogP contribution in [0.5, 0.6) is 0 Å². The molecule has 0 bridgehead atoms. The monoisotopic (exact) mass is 225 g/mol. The third-order valence-electron chi connectivity index (χ3n) is 3.19. The van der Waals surface area contributed by atoms with Crippen molar-refractivity contribution in [3.8, 4) is 0 Å². The van der Waals surface area contributed by atoms with Crippen LogP contribution in [0.15, 0.2) is 6.33 Å². The van der Waals surface area contributed by atoms with Crippen LogP contribution in [0.3, 0.4) is 0 Å². The molecule has 1 heterocycles. The largest absolute Gasteiger partial charge is 0.387 e. The predicted molar refractivity (Wildman–Crippen MR) is 58.9 cm³/mol. The summed E-state index contributed by atoms with van der Waals surface area (Å²) in [5.41, 5.74) is -0.769. The Morgan fingerprint density at radius 2 is 2.38 bits per heavy atom. The van der Waals surface area contributed by atoms with Gasteiger partial charge < -0.3 is 9.84 Å². The highest BCUT2D eigenvalue weighted by Gasteiger charge is 2.44. The first-order valence-corrected chi connectivity index (χ1v) is 5.77. The molecule has 90 valence electrons. The minimum atomic E-state index is -0.769. The summed E-state index contributed by atoms with van der Waals surface area (Å²) in [6.07, 6.45) is 4.23. The van der Waals surface area contributed by atoms with Crippen molar-refractivity contribution in [1.29, 1.82) is 0 Å². The van der Waals surface area contributed by atoms with Gasteiger partial charge in [0.25, 0.3) is 0 Å². The van der Waals surface area contributed by atoms with Crippen molar-refractivity contribution >= 4 is 0 Å². The van der Waals surface area contributed by atoms with E-state index in [0.717, 1.165) is 25.2 Å². The molecule has 0 amide bonds. The first-order chi connectivity index (χ1) is 7.69. The minimum Gasteiger partial charge on any atom is -0.387 e. The van der Waals surface area contributed by atoms with Gasteiger partial charge in [-0.05, 0) is 25.7 Å². The molecule has 1 fully saturated rings. The highest BCUT2D eigenvalue weighted by molar-refractivity contribution is 5.02. The Bertz CT molecular complexity index is 349. The van der Waals surface area contributed by atoms with Gasteiger partial charge in [-0.15, -0.1) is 0 Å². The summed E-state index contributed by atoms with van der Waals surface area (Å²) in [5.74, 6) is 1.20. The second-order valence-electron chi connectivity index (χ2n) is 4.48. The molecule has 0 aliphatic heterocycles. The summed E-state index contributed by atoms with van der Waals surface area (Å²) in [4.78, 5) is 4.20. The molecule has 0 spiro atoms. The van der Waals surface area contributed by atoms with E-state index in [4.69, 9.17) is 4.74 Å². The number of aryl methyl sites for hydroxylation is 1. The highest BCUT2D eigenvalue weighted by Crippen LogP contribution is 2.41. The lowest BCUT2D eigenvalue weighted by Gasteiger charge is -2.26. The van der Waals surface area contributed by atoms with Crippen molar-refractivity contribution in [2.75, 3.05) is 13.7 Å². The molecular formula is C11H19N3O2. The number of rotatable bonds is 6. The predicted octanol–water partition coefficient (Wildman–Crippen LogP) is 0.628. The van der Waals surface area contributed by atoms with Crippen LogP contribution in [-0.4, -0.2) is 39.2 Å². The van der Waals surface area contributed by atoms with E-state index in [1.54, 1.807) is 13.4 Å². The van der Waals surface area contributed by atoms with Gasteiger partial charge in [0.05, 0.1) is 12.2 Å². The van der Waals surface area contributed by atoms with Crippen LogP contribution < -0.4 is 0 Å². The fourth-order valence-corrected chi connectivity index (χ4v) is 2.15. The molecule has 1 aliphatic carbocycles. The average Bonchev–Trinajstić information content (AvgIpc) is 3.02. The molecule has 1 unspecified atom stereocenters. The van der Waals surface area contributed by atoms with Crippen LogP contribution in [0.2, 0.25) is 0 Å². The van der Waals surface area contributed by atoms with Gasteiger partial charge in [-0.1, -0.05) is 0 Å². The van der Waals surface area contributed by atoms with Gasteiger partial charge in [-0.2, -0.15) is 5.10 Å². The van der Waals surface area contributed by atoms with E-state index in [1.807, 2.05) is 11.6 Å². The molecule has 1 atom stereocenters. The molecule has 1 aromatic heterocycles. The Morgan fingerprint density at radius 3 is 2.94 bits per heavy atom. The van der Waals surface area contributed by atoms with E-state index < -0.39 is 5.60 Å². The van der Waals surface area contributed by atoms with Crippen molar-refractivity contribution in [3.63, 3.8) is 0 Å². The first kappa shape index (κ1) is 11.5. The fourth-order valence-electron chi connectivity index (χ4n) is 2.15. The van der Waals surface area contributed by atoms with Crippen LogP contribution in [-0.2, 0) is 17.7 Å². The summed E-state index contributed by atoms with van der Waals surface area (Å²) in [7, 11) is 1.62. The third-order valence-corrected chi connectivity index (χ3v) is 3.19. The molecular weight excluding hydrogens is 206 g/mol. The van der Waals surface area contributed by atoms with E-state index in [0.29, 0.717) is 18.9 Å². The molecule has 1 N–H and O–H groups in total. The number of ether oxygens (including phenoxy) is 1. The van der Waals surface area contributed by atoms with Crippen LogP contribution in [0.1, 0.15) is 25.6 Å². The van der Waals surface area contributed by atoms with Crippen molar-refractivity contribution in [2.45, 2.75) is 38.3 Å². The molecule has 0 aromatic carbocycles. The van der Waals surface area contributed by atoms with E-state index in [-0.39, 0.29) is 0 Å². The van der Waals surface area contributed by atoms with Gasteiger partial charge >= 0.3 is 0 Å². The highest BCUT2D eigenvalue weighted by atomic mass is 16.5. The van der Waals surface area contributed by atoms with E-state index in [1.165, 1.54) is 0 Å². The molecule has 1 saturated carbocycles. The van der Waals surface area contributed by atoms with Crippen LogP contribution in [0.4, 0.5) is 0 Å². The second kappa shape index (κ2) is 4.51. The van der Waals surface area contributed by atoms with Crippen molar-refractivity contribution in [2.24, 2.45) is 5.92 Å². The molecule has 16 heavy (non-hydrogen) atoms. The number of hydrogen-bond donors (Lipinski definition) is 1. The van der Waals surface area contributed by atoms with Gasteiger partial charge in [-0.3, -0.25) is 4.68 Å². The van der Waals surface area contributed by atoms with E-state index >= 15 is 0 Å². The maximum atomic E-state index is 10.5. The fraction of sp³-hybridized carbons (Fsp3) is 0.818. The summed E-state index contributed by atoms with van der Waals surface area (Å²) in [6.45, 7) is 3.17. The second-order valence-corrected chi connectivity index (χ2v) is 4.48. The zero-order valence-electron chi connectivity index (χ0n) is 9.89. The number of nitrogens with zero attached hydrogens (tertiary/aromatic N) is 3. The topological polar surface area (TPSA) is 60.2 Å². The maximum absolute atomic E-state index is 10.5. The van der Waals surface area contributed by atoms with Crippen LogP contribution in [0, 0.1) is 5.92 Å². The number of aromatic nitrogens is 3. The van der Waals surface area contributed by atoms with Crippen molar-refractivity contribution < 1.29 is 9.84 Å². The Hall–Kier alpha value is -0.940. The molecule has 2 rings (SSSR count). The van der Waals surface area contributed by atoms with Crippen molar-refractivity contribution in [3.05, 3.63) is 12.2 Å². The average molecular weight is 225 g/mol. The maximum Gasteiger partial charge on any atom is 0.138 e. The Labute approximate surface area is 95.4 Å². The third kappa shape index (κ3) is 2.25. The summed E-state index contributed by atoms with van der Waals surface area (Å²) in [5, 5.41) is 14.6. The van der Waals surface area contributed by atoms with Gasteiger partial charge in [0.1, 0.15) is 12.2 Å². The lowest BCUT2D eigenvalue weighted by molar-refractivity contribution is -0.0493. The molecule has 0 radical (unpaired) electrons. The number of methoxy groups -OCH3 is 1. The number of hydrogen-bond acceptors (Lipinski definition) is 4. The van der Waals surface area contributed by atoms with Gasteiger partial charge in [0.2, 0.25) is 0 Å². The van der Waals surface area contributed by atoms with Gasteiger partial charge in [0.15, 0.2) is 0 Å². The molecule has 0 saturated heterocycles. The molecule has 1 aromatic rings. The van der Waals surface area contributed by atoms with E-state index in [2.05, 4.69) is 10.1 Å². The lowest BCUT2D eigenvalue weighted by Crippen LogP contribution is -2.40.